The van der Waals surface area contributed by atoms with E-state index in [-0.39, 0.29) is 6.54 Å². The van der Waals surface area contributed by atoms with E-state index in [0.29, 0.717) is 5.95 Å². The van der Waals surface area contributed by atoms with Gasteiger partial charge in [0.05, 0.1) is 0 Å². The van der Waals surface area contributed by atoms with Crippen LogP contribution in [0.4, 0.5) is 19.1 Å². The van der Waals surface area contributed by atoms with E-state index in [1.54, 1.807) is 17.8 Å². The van der Waals surface area contributed by atoms with Crippen molar-refractivity contribution in [1.29, 1.82) is 0 Å². The fraction of sp³-hybridized carbons (Fsp3) is 0.600. The van der Waals surface area contributed by atoms with Gasteiger partial charge in [0.25, 0.3) is 0 Å². The van der Waals surface area contributed by atoms with Gasteiger partial charge in [-0.1, -0.05) is 0 Å². The molecule has 5 nitrogen and oxygen atoms in total. The Morgan fingerprint density at radius 3 is 2.61 bits per heavy atom. The molecular formula is C10H12F3N3O2. The number of aryl methyl sites for hydroxylation is 1. The quantitative estimate of drug-likeness (QED) is 0.872. The molecule has 0 amide bonds. The van der Waals surface area contributed by atoms with Gasteiger partial charge in [0.1, 0.15) is 0 Å². The predicted octanol–water partition coefficient (Wildman–Crippen LogP) is 1.26. The lowest BCUT2D eigenvalue weighted by atomic mass is 9.86. The topological polar surface area (TPSA) is 58.4 Å². The summed E-state index contributed by atoms with van der Waals surface area (Å²) in [5, 5.41) is 8.91. The van der Waals surface area contributed by atoms with Crippen molar-refractivity contribution >= 4 is 11.9 Å². The summed E-state index contributed by atoms with van der Waals surface area (Å²) >= 11 is 0. The maximum absolute atomic E-state index is 12.9. The normalized spacial score (nSPS) is 24.6. The first kappa shape index (κ1) is 12.7. The standard InChI is InChI=1S/C10H12F3N3O2/c1-15-5-3-14-8(15)16-4-2-9(6-16,7(17)18)10(11,12)13/h3,5H,2,4,6H2,1H3,(H,17,18). The second-order valence-electron chi connectivity index (χ2n) is 4.39. The number of anilines is 1. The van der Waals surface area contributed by atoms with Gasteiger partial charge < -0.3 is 14.6 Å². The number of alkyl halides is 3. The zero-order valence-electron chi connectivity index (χ0n) is 9.61. The molecule has 1 aromatic heterocycles. The van der Waals surface area contributed by atoms with Crippen molar-refractivity contribution in [2.75, 3.05) is 18.0 Å². The van der Waals surface area contributed by atoms with Gasteiger partial charge >= 0.3 is 12.1 Å². The Kier molecular flexibility index (Phi) is 2.75. The van der Waals surface area contributed by atoms with Crippen molar-refractivity contribution in [3.63, 3.8) is 0 Å². The molecule has 2 rings (SSSR count). The van der Waals surface area contributed by atoms with Crippen LogP contribution in [-0.2, 0) is 11.8 Å². The Bertz CT molecular complexity index is 471. The first-order valence-corrected chi connectivity index (χ1v) is 5.30. The Morgan fingerprint density at radius 1 is 1.56 bits per heavy atom. The number of carboxylic acid groups (broad SMARTS) is 1. The molecule has 18 heavy (non-hydrogen) atoms. The third kappa shape index (κ3) is 1.72. The largest absolute Gasteiger partial charge is 0.481 e. The zero-order valence-corrected chi connectivity index (χ0v) is 9.61. The van der Waals surface area contributed by atoms with E-state index in [2.05, 4.69) is 4.98 Å². The van der Waals surface area contributed by atoms with Crippen LogP contribution in [0.15, 0.2) is 12.4 Å². The molecule has 8 heteroatoms. The van der Waals surface area contributed by atoms with Gasteiger partial charge in [0.2, 0.25) is 5.95 Å². The number of carbonyl (C=O) groups is 1. The van der Waals surface area contributed by atoms with Crippen molar-refractivity contribution in [1.82, 2.24) is 9.55 Å². The van der Waals surface area contributed by atoms with Crippen LogP contribution in [0.1, 0.15) is 6.42 Å². The number of carboxylic acids is 1. The molecule has 100 valence electrons. The number of imidazole rings is 1. The molecule has 0 aromatic carbocycles. The second-order valence-corrected chi connectivity index (χ2v) is 4.39. The van der Waals surface area contributed by atoms with E-state index in [1.165, 1.54) is 11.1 Å². The molecule has 1 saturated heterocycles. The summed E-state index contributed by atoms with van der Waals surface area (Å²) in [6.45, 7) is -0.576. The summed E-state index contributed by atoms with van der Waals surface area (Å²) in [7, 11) is 1.65. The predicted molar refractivity (Wildman–Crippen MR) is 56.2 cm³/mol. The SMILES string of the molecule is Cn1ccnc1N1CCC(C(=O)O)(C(F)(F)F)C1. The molecule has 0 radical (unpaired) electrons. The molecule has 0 aliphatic carbocycles. The molecule has 1 aliphatic rings. The molecule has 0 saturated carbocycles. The highest BCUT2D eigenvalue weighted by molar-refractivity contribution is 5.77. The maximum Gasteiger partial charge on any atom is 0.406 e. The Morgan fingerprint density at radius 2 is 2.22 bits per heavy atom. The summed E-state index contributed by atoms with van der Waals surface area (Å²) in [5.74, 6) is -1.48. The molecule has 1 aliphatic heterocycles. The van der Waals surface area contributed by atoms with Gasteiger partial charge in [0, 0.05) is 32.5 Å². The number of halogens is 3. The first-order valence-electron chi connectivity index (χ1n) is 5.30. The van der Waals surface area contributed by atoms with Gasteiger partial charge in [0.15, 0.2) is 5.41 Å². The second kappa shape index (κ2) is 3.89. The van der Waals surface area contributed by atoms with Crippen molar-refractivity contribution in [2.45, 2.75) is 12.6 Å². The van der Waals surface area contributed by atoms with Gasteiger partial charge in [-0.3, -0.25) is 4.79 Å². The Labute approximate surface area is 101 Å². The molecule has 1 N–H and O–H groups in total. The number of rotatable bonds is 2. The van der Waals surface area contributed by atoms with Crippen LogP contribution < -0.4 is 4.90 Å². The number of hydrogen-bond donors (Lipinski definition) is 1. The third-order valence-electron chi connectivity index (χ3n) is 3.30. The van der Waals surface area contributed by atoms with E-state index < -0.39 is 30.5 Å². The molecular weight excluding hydrogens is 251 g/mol. The summed E-state index contributed by atoms with van der Waals surface area (Å²) in [5.41, 5.74) is -2.70. The minimum atomic E-state index is -4.77. The lowest BCUT2D eigenvalue weighted by Crippen LogP contribution is -2.47. The number of nitrogens with zero attached hydrogens (tertiary/aromatic N) is 3. The zero-order chi connectivity index (χ0) is 13.6. The summed E-state index contributed by atoms with van der Waals surface area (Å²) in [6.07, 6.45) is -2.16. The van der Waals surface area contributed by atoms with Crippen LogP contribution in [0.25, 0.3) is 0 Å². The summed E-state index contributed by atoms with van der Waals surface area (Å²) in [4.78, 5) is 16.3. The van der Waals surface area contributed by atoms with Crippen LogP contribution in [0.2, 0.25) is 0 Å². The van der Waals surface area contributed by atoms with Crippen LogP contribution in [0.5, 0.6) is 0 Å². The minimum Gasteiger partial charge on any atom is -0.481 e. The highest BCUT2D eigenvalue weighted by Gasteiger charge is 2.64. The molecule has 0 spiro atoms. The lowest BCUT2D eigenvalue weighted by Gasteiger charge is -2.27. The van der Waals surface area contributed by atoms with Crippen LogP contribution in [0.3, 0.4) is 0 Å². The average molecular weight is 263 g/mol. The number of aliphatic carboxylic acids is 1. The molecule has 1 fully saturated rings. The van der Waals surface area contributed by atoms with E-state index >= 15 is 0 Å². The van der Waals surface area contributed by atoms with Crippen molar-refractivity contribution < 1.29 is 23.1 Å². The number of aromatic nitrogens is 2. The Balaban J connectivity index is 2.30. The van der Waals surface area contributed by atoms with Crippen molar-refractivity contribution in [2.24, 2.45) is 12.5 Å². The van der Waals surface area contributed by atoms with E-state index in [4.69, 9.17) is 5.11 Å². The molecule has 1 aromatic rings. The van der Waals surface area contributed by atoms with Crippen LogP contribution >= 0.6 is 0 Å². The van der Waals surface area contributed by atoms with E-state index in [9.17, 15) is 18.0 Å². The van der Waals surface area contributed by atoms with Crippen LogP contribution in [-0.4, -0.2) is 39.9 Å². The highest BCUT2D eigenvalue weighted by Crippen LogP contribution is 2.46. The van der Waals surface area contributed by atoms with Gasteiger partial charge in [-0.25, -0.2) is 4.98 Å². The van der Waals surface area contributed by atoms with Gasteiger partial charge in [-0.2, -0.15) is 13.2 Å². The monoisotopic (exact) mass is 263 g/mol. The molecule has 2 heterocycles. The van der Waals surface area contributed by atoms with E-state index in [1.807, 2.05) is 0 Å². The fourth-order valence-electron chi connectivity index (χ4n) is 2.17. The van der Waals surface area contributed by atoms with Crippen molar-refractivity contribution in [3.8, 4) is 0 Å². The maximum atomic E-state index is 12.9. The number of hydrogen-bond acceptors (Lipinski definition) is 3. The highest BCUT2D eigenvalue weighted by atomic mass is 19.4. The smallest absolute Gasteiger partial charge is 0.406 e. The average Bonchev–Trinajstić information content (AvgIpc) is 2.82. The summed E-state index contributed by atoms with van der Waals surface area (Å²) < 4.78 is 40.4. The van der Waals surface area contributed by atoms with Gasteiger partial charge in [-0.15, -0.1) is 0 Å². The lowest BCUT2D eigenvalue weighted by molar-refractivity contribution is -0.225. The third-order valence-corrected chi connectivity index (χ3v) is 3.30. The minimum absolute atomic E-state index is 0.0245. The van der Waals surface area contributed by atoms with Gasteiger partial charge in [-0.05, 0) is 6.42 Å². The Hall–Kier alpha value is -1.73. The fourth-order valence-corrected chi connectivity index (χ4v) is 2.17. The summed E-state index contributed by atoms with van der Waals surface area (Å²) in [6, 6.07) is 0. The first-order chi connectivity index (χ1) is 8.28. The van der Waals surface area contributed by atoms with Crippen molar-refractivity contribution in [3.05, 3.63) is 12.4 Å². The molecule has 1 atom stereocenters. The van der Waals surface area contributed by atoms with Crippen LogP contribution in [0, 0.1) is 5.41 Å². The molecule has 1 unspecified atom stereocenters. The molecule has 0 bridgehead atoms. The van der Waals surface area contributed by atoms with E-state index in [0.717, 1.165) is 0 Å².